The SMILES string of the molecule is O.O=C(O)[C@H](O)[C@@H](O)C(=O)O.[Na]. The molecule has 0 aliphatic carbocycles. The number of rotatable bonds is 3. The zero-order chi connectivity index (χ0) is 8.31. The van der Waals surface area contributed by atoms with Gasteiger partial charge >= 0.3 is 11.9 Å². The van der Waals surface area contributed by atoms with Gasteiger partial charge in [-0.05, 0) is 0 Å². The fourth-order valence-electron chi connectivity index (χ4n) is 0.270. The Bertz CT molecular complexity index is 139. The molecule has 0 bridgehead atoms. The van der Waals surface area contributed by atoms with Gasteiger partial charge in [0.1, 0.15) is 0 Å². The normalized spacial score (nSPS) is 13.2. The third-order valence-corrected chi connectivity index (χ3v) is 0.805. The summed E-state index contributed by atoms with van der Waals surface area (Å²) in [7, 11) is 0. The maximum atomic E-state index is 9.77. The summed E-state index contributed by atoms with van der Waals surface area (Å²) in [5, 5.41) is 32.5. The summed E-state index contributed by atoms with van der Waals surface area (Å²) in [6, 6.07) is 0. The summed E-state index contributed by atoms with van der Waals surface area (Å²) >= 11 is 0. The maximum Gasteiger partial charge on any atom is 0.335 e. The molecule has 6 N–H and O–H groups in total. The minimum Gasteiger partial charge on any atom is -0.479 e. The Kier molecular flexibility index (Phi) is 11.1. The van der Waals surface area contributed by atoms with E-state index in [1.807, 2.05) is 0 Å². The van der Waals surface area contributed by atoms with Crippen LogP contribution in [0.25, 0.3) is 0 Å². The summed E-state index contributed by atoms with van der Waals surface area (Å²) in [5.41, 5.74) is 0. The zero-order valence-corrected chi connectivity index (χ0v) is 8.26. The number of aliphatic hydroxyl groups excluding tert-OH is 2. The van der Waals surface area contributed by atoms with Gasteiger partial charge in [-0.15, -0.1) is 0 Å². The van der Waals surface area contributed by atoms with Crippen molar-refractivity contribution in [3.63, 3.8) is 0 Å². The molecule has 7 nitrogen and oxygen atoms in total. The molecule has 0 aromatic rings. The van der Waals surface area contributed by atoms with Gasteiger partial charge in [0.2, 0.25) is 0 Å². The van der Waals surface area contributed by atoms with Gasteiger partial charge in [-0.1, -0.05) is 0 Å². The minimum atomic E-state index is -2.27. The van der Waals surface area contributed by atoms with Crippen molar-refractivity contribution in [1.82, 2.24) is 0 Å². The smallest absolute Gasteiger partial charge is 0.335 e. The molecule has 0 rings (SSSR count). The van der Waals surface area contributed by atoms with E-state index in [4.69, 9.17) is 20.4 Å². The first-order valence-corrected chi connectivity index (χ1v) is 2.28. The number of hydrogen-bond donors (Lipinski definition) is 4. The Morgan fingerprint density at radius 1 is 0.917 bits per heavy atom. The van der Waals surface area contributed by atoms with Gasteiger partial charge in [0.25, 0.3) is 0 Å². The second-order valence-corrected chi connectivity index (χ2v) is 1.57. The molecule has 0 spiro atoms. The summed E-state index contributed by atoms with van der Waals surface area (Å²) in [5.74, 6) is -3.54. The van der Waals surface area contributed by atoms with Gasteiger partial charge in [0.15, 0.2) is 12.2 Å². The molecule has 0 aliphatic rings. The average molecular weight is 191 g/mol. The van der Waals surface area contributed by atoms with Crippen LogP contribution in [0.1, 0.15) is 0 Å². The molecular weight excluding hydrogens is 183 g/mol. The van der Waals surface area contributed by atoms with Crippen molar-refractivity contribution in [2.24, 2.45) is 0 Å². The third kappa shape index (κ3) is 5.47. The molecule has 0 saturated heterocycles. The Morgan fingerprint density at radius 2 is 1.08 bits per heavy atom. The van der Waals surface area contributed by atoms with Gasteiger partial charge in [0.05, 0.1) is 0 Å². The van der Waals surface area contributed by atoms with Crippen LogP contribution in [0.2, 0.25) is 0 Å². The number of hydrogen-bond acceptors (Lipinski definition) is 4. The second kappa shape index (κ2) is 7.47. The van der Waals surface area contributed by atoms with Crippen molar-refractivity contribution in [2.75, 3.05) is 0 Å². The summed E-state index contributed by atoms with van der Waals surface area (Å²) in [6.45, 7) is 0. The Morgan fingerprint density at radius 3 is 1.17 bits per heavy atom. The van der Waals surface area contributed by atoms with E-state index >= 15 is 0 Å². The van der Waals surface area contributed by atoms with Gasteiger partial charge in [-0.2, -0.15) is 0 Å². The van der Waals surface area contributed by atoms with Crippen molar-refractivity contribution in [1.29, 1.82) is 0 Å². The molecule has 12 heavy (non-hydrogen) atoms. The molecular formula is C4H8NaO7. The maximum absolute atomic E-state index is 9.77. The molecule has 2 atom stereocenters. The van der Waals surface area contributed by atoms with Gasteiger partial charge in [-0.3, -0.25) is 0 Å². The first-order chi connectivity index (χ1) is 4.46. The molecule has 0 aromatic carbocycles. The Balaban J connectivity index is -0.000000405. The van der Waals surface area contributed by atoms with E-state index in [-0.39, 0.29) is 35.0 Å². The van der Waals surface area contributed by atoms with E-state index in [1.54, 1.807) is 0 Å². The third-order valence-electron chi connectivity index (χ3n) is 0.805. The molecule has 1 radical (unpaired) electrons. The quantitative estimate of drug-likeness (QED) is 0.343. The van der Waals surface area contributed by atoms with Gasteiger partial charge < -0.3 is 25.9 Å². The second-order valence-electron chi connectivity index (χ2n) is 1.57. The van der Waals surface area contributed by atoms with Crippen LogP contribution < -0.4 is 0 Å². The number of carboxylic acids is 2. The Labute approximate surface area is 89.2 Å². The predicted molar refractivity (Wildman–Crippen MR) is 36.7 cm³/mol. The van der Waals surface area contributed by atoms with Crippen LogP contribution in [0.4, 0.5) is 0 Å². The molecule has 67 valence electrons. The molecule has 0 unspecified atom stereocenters. The van der Waals surface area contributed by atoms with E-state index in [1.165, 1.54) is 0 Å². The van der Waals surface area contributed by atoms with E-state index < -0.39 is 24.1 Å². The van der Waals surface area contributed by atoms with E-state index in [0.717, 1.165) is 0 Å². The van der Waals surface area contributed by atoms with Crippen LogP contribution in [0.3, 0.4) is 0 Å². The van der Waals surface area contributed by atoms with Crippen LogP contribution in [-0.4, -0.2) is 79.6 Å². The molecule has 0 aromatic heterocycles. The van der Waals surface area contributed by atoms with Crippen LogP contribution >= 0.6 is 0 Å². The first kappa shape index (κ1) is 17.8. The fourth-order valence-corrected chi connectivity index (χ4v) is 0.270. The van der Waals surface area contributed by atoms with Gasteiger partial charge in [-0.25, -0.2) is 9.59 Å². The monoisotopic (exact) mass is 191 g/mol. The van der Waals surface area contributed by atoms with Crippen molar-refractivity contribution < 1.29 is 35.5 Å². The topological polar surface area (TPSA) is 147 Å². The van der Waals surface area contributed by atoms with Crippen LogP contribution in [-0.2, 0) is 9.59 Å². The number of carbonyl (C=O) groups is 2. The minimum absolute atomic E-state index is 0. The van der Waals surface area contributed by atoms with Crippen LogP contribution in [0.5, 0.6) is 0 Å². The number of carboxylic acid groups (broad SMARTS) is 2. The van der Waals surface area contributed by atoms with Crippen molar-refractivity contribution >= 4 is 41.5 Å². The van der Waals surface area contributed by atoms with E-state index in [2.05, 4.69) is 0 Å². The standard InChI is InChI=1S/C4H6O6.Na.H2O/c5-1(3(7)8)2(6)4(9)10;;/h1-2,5-6H,(H,7,8)(H,9,10);;1H2/t1-,2-;;/m1../s1. The fraction of sp³-hybridized carbons (Fsp3) is 0.500. The van der Waals surface area contributed by atoms with Crippen LogP contribution in [0.15, 0.2) is 0 Å². The van der Waals surface area contributed by atoms with Crippen molar-refractivity contribution in [3.8, 4) is 0 Å². The summed E-state index contributed by atoms with van der Waals surface area (Å²) in [4.78, 5) is 19.5. The van der Waals surface area contributed by atoms with Crippen molar-refractivity contribution in [2.45, 2.75) is 12.2 Å². The first-order valence-electron chi connectivity index (χ1n) is 2.28. The zero-order valence-electron chi connectivity index (χ0n) is 6.26. The van der Waals surface area contributed by atoms with E-state index in [9.17, 15) is 9.59 Å². The molecule has 0 fully saturated rings. The Hall–Kier alpha value is -0.180. The van der Waals surface area contributed by atoms with E-state index in [0.29, 0.717) is 0 Å². The summed E-state index contributed by atoms with van der Waals surface area (Å²) in [6.07, 6.45) is -4.53. The summed E-state index contributed by atoms with van der Waals surface area (Å²) < 4.78 is 0. The molecule has 0 amide bonds. The van der Waals surface area contributed by atoms with Crippen molar-refractivity contribution in [3.05, 3.63) is 0 Å². The van der Waals surface area contributed by atoms with Gasteiger partial charge in [0, 0.05) is 29.6 Å². The molecule has 0 saturated carbocycles. The average Bonchev–Trinajstić information content (AvgIpc) is 1.84. The largest absolute Gasteiger partial charge is 0.479 e. The number of aliphatic hydroxyl groups is 2. The molecule has 0 aliphatic heterocycles. The van der Waals surface area contributed by atoms with Crippen LogP contribution in [0, 0.1) is 0 Å². The predicted octanol–water partition coefficient (Wildman–Crippen LogP) is -3.33. The molecule has 8 heteroatoms. The molecule has 0 heterocycles. The number of aliphatic carboxylic acids is 2.